The van der Waals surface area contributed by atoms with Crippen molar-refractivity contribution in [3.8, 4) is 85.9 Å². The summed E-state index contributed by atoms with van der Waals surface area (Å²) in [6.45, 7) is 0.620. The second kappa shape index (κ2) is 37.9. The molecule has 0 bridgehead atoms. The fourth-order valence-electron chi connectivity index (χ4n) is 14.9. The number of alkyl halides is 3. The molecular formula is C93H81ClF3N11O13S2. The van der Waals surface area contributed by atoms with Crippen molar-refractivity contribution in [1.82, 2.24) is 43.2 Å². The first-order valence-corrected chi connectivity index (χ1v) is 42.1. The molecule has 7 aromatic carbocycles. The molecule has 9 heterocycles. The minimum Gasteiger partial charge on any atom is -0.497 e. The van der Waals surface area contributed by atoms with Crippen LogP contribution in [0.3, 0.4) is 0 Å². The summed E-state index contributed by atoms with van der Waals surface area (Å²) in [6, 6.07) is 65.5. The van der Waals surface area contributed by atoms with Crippen LogP contribution in [0, 0.1) is 22.7 Å². The number of nitrogens with zero attached hydrogens (tertiary/aromatic N) is 11. The lowest BCUT2D eigenvalue weighted by atomic mass is 10.0. The van der Waals surface area contributed by atoms with Crippen molar-refractivity contribution in [2.45, 2.75) is 68.6 Å². The number of benzene rings is 7. The highest BCUT2D eigenvalue weighted by molar-refractivity contribution is 7.91. The van der Waals surface area contributed by atoms with Crippen molar-refractivity contribution in [2.24, 2.45) is 0 Å². The predicted molar refractivity (Wildman–Crippen MR) is 463 cm³/mol. The van der Waals surface area contributed by atoms with Crippen LogP contribution < -0.4 is 23.7 Å². The number of aliphatic hydroxyl groups is 4. The Morgan fingerprint density at radius 1 is 0.390 bits per heavy atom. The van der Waals surface area contributed by atoms with Gasteiger partial charge in [0.2, 0.25) is 23.5 Å². The molecule has 0 spiro atoms. The van der Waals surface area contributed by atoms with Crippen LogP contribution in [0.2, 0.25) is 5.02 Å². The maximum Gasteiger partial charge on any atom is 0.416 e. The van der Waals surface area contributed by atoms with Crippen molar-refractivity contribution >= 4 is 74.9 Å². The summed E-state index contributed by atoms with van der Waals surface area (Å²) in [5.41, 5.74) is 15.5. The van der Waals surface area contributed by atoms with E-state index in [1.165, 1.54) is 44.9 Å². The molecule has 16 rings (SSSR count). The molecule has 24 nitrogen and oxygen atoms in total. The van der Waals surface area contributed by atoms with Crippen LogP contribution in [-0.4, -0.2) is 129 Å². The van der Waals surface area contributed by atoms with Crippen molar-refractivity contribution in [3.63, 3.8) is 0 Å². The number of aliphatic hydroxyl groups excluding tert-OH is 4. The first-order valence-electron chi connectivity index (χ1n) is 38.0. The lowest BCUT2D eigenvalue weighted by Crippen LogP contribution is -2.08. The summed E-state index contributed by atoms with van der Waals surface area (Å²) in [7, 11) is 0.869. The van der Waals surface area contributed by atoms with Gasteiger partial charge >= 0.3 is 6.18 Å². The van der Waals surface area contributed by atoms with Gasteiger partial charge in [0, 0.05) is 181 Å². The number of pyridine rings is 5. The van der Waals surface area contributed by atoms with E-state index < -0.39 is 38.0 Å². The highest BCUT2D eigenvalue weighted by Gasteiger charge is 2.32. The minimum atomic E-state index is -4.49. The van der Waals surface area contributed by atoms with Crippen molar-refractivity contribution in [3.05, 3.63) is 310 Å². The lowest BCUT2D eigenvalue weighted by molar-refractivity contribution is -0.137. The average molecular weight is 1720 g/mol. The molecule has 0 saturated carbocycles. The summed E-state index contributed by atoms with van der Waals surface area (Å²) in [6.07, 6.45) is 6.14. The fourth-order valence-corrected chi connectivity index (χ4v) is 16.4. The van der Waals surface area contributed by atoms with Gasteiger partial charge in [-0.05, 0) is 162 Å². The number of hydrogen-bond donors (Lipinski definition) is 4. The number of ether oxygens (including phenoxy) is 5. The summed E-state index contributed by atoms with van der Waals surface area (Å²) in [5.74, 6) is 2.65. The molecule has 0 unspecified atom stereocenters. The van der Waals surface area contributed by atoms with Gasteiger partial charge in [-0.2, -0.15) is 23.7 Å². The molecule has 0 aliphatic carbocycles. The van der Waals surface area contributed by atoms with Crippen LogP contribution in [0.5, 0.6) is 29.3 Å². The first-order chi connectivity index (χ1) is 59.3. The summed E-state index contributed by atoms with van der Waals surface area (Å²) in [5, 5.41) is 63.6. The number of aromatic nitrogens is 9. The van der Waals surface area contributed by atoms with E-state index in [1.54, 1.807) is 123 Å². The third kappa shape index (κ3) is 19.2. The average Bonchev–Trinajstić information content (AvgIpc) is 1.57. The zero-order valence-corrected chi connectivity index (χ0v) is 69.9. The third-order valence-corrected chi connectivity index (χ3v) is 23.1. The van der Waals surface area contributed by atoms with Crippen LogP contribution in [0.15, 0.2) is 253 Å². The Kier molecular flexibility index (Phi) is 26.8. The Bertz CT molecular complexity index is 6880. The second-order valence-corrected chi connectivity index (χ2v) is 32.7. The van der Waals surface area contributed by atoms with E-state index in [9.17, 15) is 61.0 Å². The molecule has 4 N–H and O–H groups in total. The SMILES string of the molecule is COc1ccc(-c2c(CO)n(Cc3cccc(C(F)(F)F)c3)c3ccc(S(C)(=O)=O)cc23)cn1.COc1ccc(-c2c(CO)n(Cc3cccc(Cl)c3)c3ccc(C#N)cc23)cn1.COc1ccc(-c2c(CO)n(Cc3ccccn3)c3ccc(S(C)(=O)=O)cc23)cn1.COc1cccc(Cn2c(CO)c(-c3ccc(OC)nc3)c3cc(C#N)ccc32)c1. The minimum absolute atomic E-state index is 0.0398. The Hall–Kier alpha value is -13.8. The van der Waals surface area contributed by atoms with E-state index >= 15 is 0 Å². The molecule has 123 heavy (non-hydrogen) atoms. The molecule has 0 aliphatic rings. The molecular weight excluding hydrogens is 1640 g/mol. The first kappa shape index (κ1) is 87.1. The Balaban J connectivity index is 0.000000141. The topological polar surface area (TPSA) is 327 Å². The molecule has 0 atom stereocenters. The van der Waals surface area contributed by atoms with Crippen molar-refractivity contribution in [1.29, 1.82) is 10.5 Å². The quantitative estimate of drug-likeness (QED) is 0.0462. The Labute approximate surface area is 711 Å². The standard InChI is InChI=1S/C24H21F3N2O4S.C24H21N3O3.C23H18ClN3O2.C22H21N3O4S/c1-33-22-9-6-16(12-28-22)23-19-11-18(34(2,31)32)7-8-20(19)29(21(23)14-30)13-15-4-3-5-17(10-15)24(25,26)27;1-29-19-5-3-4-17(10-19)14-27-21-8-6-16(12-25)11-20(21)24(22(27)15-28)18-7-9-23(30-2)26-13-18;1-29-22-8-6-17(12-26-22)23-19-10-15(11-25)5-7-20(19)27(21(23)14-28)13-16-3-2-4-18(24)9-16;1-29-21-9-6-15(12-24-21)22-18-11-17(30(2,27)28)7-8-19(18)25(20(22)14-26)13-16-5-3-4-10-23-16/h3-12,30H,13-14H2,1-2H3;3-11,13,28H,14-15H2,1-2H3;2-10,12,28H,13-14H2,1H3;3-12,26H,13-14H2,1-2H3. The maximum atomic E-state index is 13.2. The van der Waals surface area contributed by atoms with Crippen LogP contribution in [0.1, 0.15) is 61.9 Å². The lowest BCUT2D eigenvalue weighted by Gasteiger charge is -2.13. The molecule has 16 aromatic rings. The van der Waals surface area contributed by atoms with Gasteiger partial charge in [0.1, 0.15) is 5.75 Å². The van der Waals surface area contributed by atoms with Crippen LogP contribution >= 0.6 is 11.6 Å². The van der Waals surface area contributed by atoms with Gasteiger partial charge in [-0.15, -0.1) is 0 Å². The number of fused-ring (bicyclic) bond motifs is 4. The summed E-state index contributed by atoms with van der Waals surface area (Å²) in [4.78, 5) is 21.8. The summed E-state index contributed by atoms with van der Waals surface area (Å²) >= 11 is 6.16. The number of methoxy groups -OCH3 is 5. The van der Waals surface area contributed by atoms with Gasteiger partial charge in [-0.1, -0.05) is 54.1 Å². The molecule has 0 aliphatic heterocycles. The zero-order valence-electron chi connectivity index (χ0n) is 67.5. The highest BCUT2D eigenvalue weighted by Crippen LogP contribution is 2.43. The molecule has 9 aromatic heterocycles. The predicted octanol–water partition coefficient (Wildman–Crippen LogP) is 16.6. The van der Waals surface area contributed by atoms with E-state index in [4.69, 9.17) is 35.3 Å². The number of sulfone groups is 2. The van der Waals surface area contributed by atoms with Crippen LogP contribution in [0.25, 0.3) is 88.1 Å². The third-order valence-electron chi connectivity index (χ3n) is 20.6. The molecule has 30 heteroatoms. The van der Waals surface area contributed by atoms with Crippen molar-refractivity contribution in [2.75, 3.05) is 48.1 Å². The fraction of sp³-hybridized carbons (Fsp3) is 0.172. The molecule has 0 amide bonds. The molecule has 0 fully saturated rings. The van der Waals surface area contributed by atoms with Crippen LogP contribution in [-0.2, 0) is 78.5 Å². The number of hydrogen-bond acceptors (Lipinski definition) is 20. The number of nitriles is 2. The summed E-state index contributed by atoms with van der Waals surface area (Å²) < 4.78 is 122. The zero-order chi connectivity index (χ0) is 87.4. The van der Waals surface area contributed by atoms with Crippen LogP contribution in [0.4, 0.5) is 13.2 Å². The largest absolute Gasteiger partial charge is 0.497 e. The Morgan fingerprint density at radius 3 is 1.07 bits per heavy atom. The highest BCUT2D eigenvalue weighted by atomic mass is 35.5. The molecule has 0 radical (unpaired) electrons. The smallest absolute Gasteiger partial charge is 0.416 e. The van der Waals surface area contributed by atoms with E-state index in [-0.39, 0.29) is 36.2 Å². The van der Waals surface area contributed by atoms with Crippen molar-refractivity contribution < 1.29 is 74.1 Å². The van der Waals surface area contributed by atoms with Gasteiger partial charge in [0.05, 0.1) is 136 Å². The van der Waals surface area contributed by atoms with Gasteiger partial charge in [-0.25, -0.2) is 36.8 Å². The van der Waals surface area contributed by atoms with E-state index in [0.717, 1.165) is 118 Å². The van der Waals surface area contributed by atoms with E-state index in [0.29, 0.717) is 98.3 Å². The van der Waals surface area contributed by atoms with E-state index in [1.807, 2.05) is 114 Å². The van der Waals surface area contributed by atoms with E-state index in [2.05, 4.69) is 46.2 Å². The van der Waals surface area contributed by atoms with Gasteiger partial charge in [-0.3, -0.25) is 4.98 Å². The number of rotatable bonds is 23. The van der Waals surface area contributed by atoms with Gasteiger partial charge in [0.25, 0.3) is 0 Å². The number of halogens is 4. The molecule has 0 saturated heterocycles. The normalized spacial score (nSPS) is 11.4. The monoisotopic (exact) mass is 1720 g/mol. The Morgan fingerprint density at radius 2 is 0.748 bits per heavy atom. The molecule has 626 valence electrons. The maximum absolute atomic E-state index is 13.2. The van der Waals surface area contributed by atoms with Gasteiger partial charge < -0.3 is 62.4 Å². The van der Waals surface area contributed by atoms with Gasteiger partial charge in [0.15, 0.2) is 19.7 Å². The second-order valence-electron chi connectivity index (χ2n) is 28.2.